The zero-order valence-electron chi connectivity index (χ0n) is 11.1. The van der Waals surface area contributed by atoms with E-state index in [0.717, 1.165) is 26.1 Å². The first kappa shape index (κ1) is 16.7. The third-order valence-electron chi connectivity index (χ3n) is 2.56. The summed E-state index contributed by atoms with van der Waals surface area (Å²) in [4.78, 5) is 26.6. The molecule has 1 aromatic heterocycles. The smallest absolute Gasteiger partial charge is 0.288 e. The number of urea groups is 1. The Morgan fingerprint density at radius 1 is 1.42 bits per heavy atom. The van der Waals surface area contributed by atoms with Gasteiger partial charge in [0.2, 0.25) is 5.91 Å². The number of imide groups is 1. The number of carbonyl (C=O) groups is 2. The second-order valence-electron chi connectivity index (χ2n) is 4.03. The van der Waals surface area contributed by atoms with Gasteiger partial charge in [-0.05, 0) is 34.0 Å². The quantitative estimate of drug-likeness (QED) is 0.696. The van der Waals surface area contributed by atoms with E-state index in [1.54, 1.807) is 7.05 Å². The van der Waals surface area contributed by atoms with Crippen molar-refractivity contribution in [1.82, 2.24) is 4.90 Å². The maximum atomic E-state index is 12.3. The van der Waals surface area contributed by atoms with Crippen molar-refractivity contribution in [3.8, 4) is 0 Å². The molecule has 0 aliphatic rings. The second-order valence-corrected chi connectivity index (χ2v) is 6.94. The normalized spacial score (nSPS) is 10.4. The van der Waals surface area contributed by atoms with Gasteiger partial charge in [-0.1, -0.05) is 22.9 Å². The van der Waals surface area contributed by atoms with Crippen LogP contribution in [0.3, 0.4) is 0 Å². The highest BCUT2D eigenvalue weighted by molar-refractivity contribution is 9.11. The number of carbonyl (C=O) groups excluding carboxylic acids is 2. The minimum atomic E-state index is -0.288. The number of rotatable bonds is 4. The van der Waals surface area contributed by atoms with E-state index < -0.39 is 0 Å². The molecule has 0 atom stereocenters. The van der Waals surface area contributed by atoms with Crippen LogP contribution in [0.5, 0.6) is 0 Å². The lowest BCUT2D eigenvalue weighted by atomic mass is 10.4. The molecule has 0 radical (unpaired) electrons. The van der Waals surface area contributed by atoms with Crippen LogP contribution in [0.4, 0.5) is 9.80 Å². The van der Waals surface area contributed by atoms with Gasteiger partial charge in [0.25, 0.3) is 0 Å². The van der Waals surface area contributed by atoms with E-state index >= 15 is 0 Å². The molecule has 1 rings (SSSR count). The third kappa shape index (κ3) is 4.03. The molecule has 3 amide bonds. The highest BCUT2D eigenvalue weighted by Gasteiger charge is 2.23. The van der Waals surface area contributed by atoms with Gasteiger partial charge in [-0.3, -0.25) is 14.6 Å². The average Bonchev–Trinajstić information content (AvgIpc) is 2.75. The van der Waals surface area contributed by atoms with Crippen LogP contribution in [0.1, 0.15) is 25.8 Å². The first-order chi connectivity index (χ1) is 8.92. The van der Waals surface area contributed by atoms with Crippen molar-refractivity contribution in [3.05, 3.63) is 15.4 Å². The third-order valence-corrected chi connectivity index (χ3v) is 5.21. The molecule has 0 N–H and O–H groups in total. The Kier molecular flexibility index (Phi) is 6.49. The Labute approximate surface area is 134 Å². The number of anilines is 1. The van der Waals surface area contributed by atoms with Crippen LogP contribution in [-0.4, -0.2) is 30.4 Å². The fourth-order valence-corrected chi connectivity index (χ4v) is 4.15. The molecule has 19 heavy (non-hydrogen) atoms. The lowest BCUT2D eigenvalue weighted by Crippen LogP contribution is -2.44. The Balaban J connectivity index is 2.93. The molecule has 0 aliphatic heterocycles. The first-order valence-electron chi connectivity index (χ1n) is 5.82. The highest BCUT2D eigenvalue weighted by Crippen LogP contribution is 2.35. The largest absolute Gasteiger partial charge is 0.331 e. The SMILES string of the molecule is CCCN(C(C)=O)C(=O)N(C)c1cc(CBr)c(Br)s1. The van der Waals surface area contributed by atoms with Crippen molar-refractivity contribution in [3.63, 3.8) is 0 Å². The van der Waals surface area contributed by atoms with Crippen LogP contribution in [0.25, 0.3) is 0 Å². The van der Waals surface area contributed by atoms with Gasteiger partial charge in [0, 0.05) is 25.8 Å². The summed E-state index contributed by atoms with van der Waals surface area (Å²) in [6.45, 7) is 3.79. The average molecular weight is 412 g/mol. The summed E-state index contributed by atoms with van der Waals surface area (Å²) in [5.41, 5.74) is 1.09. The predicted octanol–water partition coefficient (Wildman–Crippen LogP) is 4.22. The summed E-state index contributed by atoms with van der Waals surface area (Å²) < 4.78 is 0.990. The van der Waals surface area contributed by atoms with Gasteiger partial charge in [-0.2, -0.15) is 0 Å². The van der Waals surface area contributed by atoms with E-state index in [-0.39, 0.29) is 11.9 Å². The summed E-state index contributed by atoms with van der Waals surface area (Å²) in [5, 5.41) is 1.53. The molecular formula is C12H16Br2N2O2S. The molecular weight excluding hydrogens is 396 g/mol. The highest BCUT2D eigenvalue weighted by atomic mass is 79.9. The second kappa shape index (κ2) is 7.40. The van der Waals surface area contributed by atoms with Gasteiger partial charge in [0.1, 0.15) is 5.00 Å². The maximum Gasteiger partial charge on any atom is 0.331 e. The summed E-state index contributed by atoms with van der Waals surface area (Å²) in [6.07, 6.45) is 0.750. The van der Waals surface area contributed by atoms with Gasteiger partial charge in [-0.15, -0.1) is 11.3 Å². The summed E-state index contributed by atoms with van der Waals surface area (Å²) in [5.74, 6) is -0.227. The Morgan fingerprint density at radius 2 is 2.05 bits per heavy atom. The number of alkyl halides is 1. The Morgan fingerprint density at radius 3 is 2.47 bits per heavy atom. The van der Waals surface area contributed by atoms with E-state index in [9.17, 15) is 9.59 Å². The van der Waals surface area contributed by atoms with Gasteiger partial charge < -0.3 is 0 Å². The molecule has 0 unspecified atom stereocenters. The van der Waals surface area contributed by atoms with Crippen LogP contribution in [0.2, 0.25) is 0 Å². The molecule has 1 heterocycles. The number of halogens is 2. The van der Waals surface area contributed by atoms with Crippen LogP contribution in [-0.2, 0) is 10.1 Å². The van der Waals surface area contributed by atoms with Gasteiger partial charge >= 0.3 is 6.03 Å². The van der Waals surface area contributed by atoms with Crippen molar-refractivity contribution in [2.24, 2.45) is 0 Å². The molecule has 106 valence electrons. The fraction of sp³-hybridized carbons (Fsp3) is 0.500. The molecule has 0 aliphatic carbocycles. The van der Waals surface area contributed by atoms with Crippen molar-refractivity contribution < 1.29 is 9.59 Å². The zero-order chi connectivity index (χ0) is 14.6. The molecule has 0 aromatic carbocycles. The molecule has 0 spiro atoms. The molecule has 0 saturated carbocycles. The molecule has 7 heteroatoms. The van der Waals surface area contributed by atoms with E-state index in [0.29, 0.717) is 6.54 Å². The van der Waals surface area contributed by atoms with Crippen LogP contribution in [0.15, 0.2) is 9.85 Å². The monoisotopic (exact) mass is 410 g/mol. The Hall–Kier alpha value is -0.400. The zero-order valence-corrected chi connectivity index (χ0v) is 15.1. The predicted molar refractivity (Wildman–Crippen MR) is 86.1 cm³/mol. The first-order valence-corrected chi connectivity index (χ1v) is 8.55. The van der Waals surface area contributed by atoms with Crippen molar-refractivity contribution in [1.29, 1.82) is 0 Å². The number of thiophene rings is 1. The van der Waals surface area contributed by atoms with E-state index in [2.05, 4.69) is 31.9 Å². The van der Waals surface area contributed by atoms with E-state index in [4.69, 9.17) is 0 Å². The summed E-state index contributed by atoms with van der Waals surface area (Å²) in [6, 6.07) is 1.65. The van der Waals surface area contributed by atoms with Gasteiger partial charge in [0.15, 0.2) is 0 Å². The van der Waals surface area contributed by atoms with Gasteiger partial charge in [-0.25, -0.2) is 4.79 Å². The maximum absolute atomic E-state index is 12.3. The molecule has 0 bridgehead atoms. The van der Waals surface area contributed by atoms with Crippen LogP contribution in [0, 0.1) is 0 Å². The van der Waals surface area contributed by atoms with Crippen molar-refractivity contribution in [2.45, 2.75) is 25.6 Å². The number of nitrogens with zero attached hydrogens (tertiary/aromatic N) is 2. The summed E-state index contributed by atoms with van der Waals surface area (Å²) >= 11 is 8.33. The molecule has 1 aromatic rings. The lowest BCUT2D eigenvalue weighted by Gasteiger charge is -2.24. The number of amides is 3. The fourth-order valence-electron chi connectivity index (χ4n) is 1.54. The molecule has 0 fully saturated rings. The van der Waals surface area contributed by atoms with Crippen molar-refractivity contribution >= 4 is 60.1 Å². The van der Waals surface area contributed by atoms with Crippen LogP contribution < -0.4 is 4.90 Å². The minimum absolute atomic E-state index is 0.227. The molecule has 0 saturated heterocycles. The Bertz CT molecular complexity index is 476. The standard InChI is InChI=1S/C12H16Br2N2O2S/c1-4-5-16(8(2)17)12(18)15(3)10-6-9(7-13)11(14)19-10/h6H,4-5,7H2,1-3H3. The van der Waals surface area contributed by atoms with Crippen molar-refractivity contribution in [2.75, 3.05) is 18.5 Å². The topological polar surface area (TPSA) is 40.6 Å². The van der Waals surface area contributed by atoms with Crippen LogP contribution >= 0.6 is 43.2 Å². The number of hydrogen-bond acceptors (Lipinski definition) is 3. The number of hydrogen-bond donors (Lipinski definition) is 0. The minimum Gasteiger partial charge on any atom is -0.288 e. The lowest BCUT2D eigenvalue weighted by molar-refractivity contribution is -0.125. The van der Waals surface area contributed by atoms with Gasteiger partial charge in [0.05, 0.1) is 3.79 Å². The van der Waals surface area contributed by atoms with E-state index in [1.165, 1.54) is 28.1 Å². The summed E-state index contributed by atoms with van der Waals surface area (Å²) in [7, 11) is 1.68. The van der Waals surface area contributed by atoms with E-state index in [1.807, 2.05) is 13.0 Å². The molecule has 4 nitrogen and oxygen atoms in total.